The van der Waals surface area contributed by atoms with E-state index in [1.807, 2.05) is 74.4 Å². The minimum atomic E-state index is -0.779. The van der Waals surface area contributed by atoms with E-state index in [2.05, 4.69) is 0 Å². The number of hydrogen-bond donors (Lipinski definition) is 0. The second kappa shape index (κ2) is 10.9. The van der Waals surface area contributed by atoms with Crippen LogP contribution in [0.5, 0.6) is 5.75 Å². The summed E-state index contributed by atoms with van der Waals surface area (Å²) in [5.74, 6) is 1.33. The van der Waals surface area contributed by atoms with E-state index in [1.54, 1.807) is 24.7 Å². The maximum atomic E-state index is 14.1. The van der Waals surface area contributed by atoms with Crippen LogP contribution in [0, 0.1) is 0 Å². The molecule has 1 aliphatic rings. The summed E-state index contributed by atoms with van der Waals surface area (Å²) in [7, 11) is 5.37. The summed E-state index contributed by atoms with van der Waals surface area (Å²) in [5, 5.41) is 1.86. The molecule has 0 amide bonds. The van der Waals surface area contributed by atoms with Crippen LogP contribution in [-0.2, 0) is 9.53 Å². The second-order valence-electron chi connectivity index (χ2n) is 9.39. The van der Waals surface area contributed by atoms with Crippen molar-refractivity contribution in [3.05, 3.63) is 90.8 Å². The Hall–Kier alpha value is -4.11. The van der Waals surface area contributed by atoms with E-state index in [4.69, 9.17) is 18.9 Å². The van der Waals surface area contributed by atoms with Crippen LogP contribution in [0.4, 0.5) is 5.88 Å². The van der Waals surface area contributed by atoms with Gasteiger partial charge in [-0.3, -0.25) is 9.36 Å². The number of carbonyl (C=O) groups excluding carboxylic acids is 1. The van der Waals surface area contributed by atoms with Gasteiger partial charge in [-0.05, 0) is 36.2 Å². The van der Waals surface area contributed by atoms with Gasteiger partial charge in [-0.1, -0.05) is 55.0 Å². The van der Waals surface area contributed by atoms with Gasteiger partial charge in [-0.25, -0.2) is 9.79 Å². The standard InChI is InChI=1S/C30H31N3O5S/c1-6-10-21-26(29(35)37-7-2)27(25-20-12-9-8-11-18(20)13-15-22(25)36-5)33-28(34)23(39-30(33)31-21)17-19-14-16-24(38-19)32(3)4/h8-9,11-17,27H,6-7,10H2,1-5H3/b23-17-/t27-/m1/s1. The van der Waals surface area contributed by atoms with Crippen molar-refractivity contribution in [1.29, 1.82) is 0 Å². The molecule has 0 N–H and O–H groups in total. The van der Waals surface area contributed by atoms with Crippen molar-refractivity contribution in [2.75, 3.05) is 32.7 Å². The lowest BCUT2D eigenvalue weighted by Crippen LogP contribution is -2.40. The van der Waals surface area contributed by atoms with Crippen LogP contribution >= 0.6 is 11.3 Å². The largest absolute Gasteiger partial charge is 0.496 e. The third-order valence-corrected chi connectivity index (χ3v) is 7.63. The molecule has 2 aromatic carbocycles. The van der Waals surface area contributed by atoms with Crippen molar-refractivity contribution in [1.82, 2.24) is 4.57 Å². The summed E-state index contributed by atoms with van der Waals surface area (Å²) in [6, 6.07) is 14.6. The Balaban J connectivity index is 1.85. The van der Waals surface area contributed by atoms with Gasteiger partial charge in [0.15, 0.2) is 10.7 Å². The molecule has 0 radical (unpaired) electrons. The maximum Gasteiger partial charge on any atom is 0.338 e. The molecule has 0 unspecified atom stereocenters. The first-order chi connectivity index (χ1) is 18.9. The highest BCUT2D eigenvalue weighted by Crippen LogP contribution is 2.41. The average molecular weight is 546 g/mol. The summed E-state index contributed by atoms with van der Waals surface area (Å²) >= 11 is 1.28. The molecule has 0 bridgehead atoms. The lowest BCUT2D eigenvalue weighted by atomic mass is 9.90. The number of esters is 1. The molecule has 202 valence electrons. The molecule has 0 saturated heterocycles. The van der Waals surface area contributed by atoms with E-state index < -0.39 is 12.0 Å². The first-order valence-electron chi connectivity index (χ1n) is 12.9. The Kier molecular flexibility index (Phi) is 7.43. The Labute approximate surface area is 230 Å². The van der Waals surface area contributed by atoms with Crippen molar-refractivity contribution in [2.24, 2.45) is 4.99 Å². The first-order valence-corrected chi connectivity index (χ1v) is 13.7. The topological polar surface area (TPSA) is 86.3 Å². The first kappa shape index (κ1) is 26.5. The number of thiazole rings is 1. The number of benzene rings is 2. The van der Waals surface area contributed by atoms with Crippen LogP contribution in [-0.4, -0.2) is 38.3 Å². The number of fused-ring (bicyclic) bond motifs is 2. The van der Waals surface area contributed by atoms with E-state index in [-0.39, 0.29) is 12.2 Å². The number of aromatic nitrogens is 1. The smallest absolute Gasteiger partial charge is 0.338 e. The molecule has 0 aliphatic carbocycles. The summed E-state index contributed by atoms with van der Waals surface area (Å²) in [4.78, 5) is 34.9. The lowest BCUT2D eigenvalue weighted by Gasteiger charge is -2.28. The highest BCUT2D eigenvalue weighted by molar-refractivity contribution is 7.07. The van der Waals surface area contributed by atoms with Crippen molar-refractivity contribution in [3.8, 4) is 5.75 Å². The third-order valence-electron chi connectivity index (χ3n) is 6.64. The van der Waals surface area contributed by atoms with Crippen molar-refractivity contribution < 1.29 is 18.7 Å². The summed E-state index contributed by atoms with van der Waals surface area (Å²) in [5.41, 5.74) is 1.44. The molecule has 39 heavy (non-hydrogen) atoms. The SMILES string of the molecule is CCCC1=C(C(=O)OCC)[C@@H](c2c(OC)ccc3ccccc23)n2c(s/c(=C\c3ccc(N(C)C)o3)c2=O)=N1. The molecule has 1 aliphatic heterocycles. The van der Waals surface area contributed by atoms with Gasteiger partial charge in [0, 0.05) is 31.8 Å². The minimum Gasteiger partial charge on any atom is -0.496 e. The maximum absolute atomic E-state index is 14.1. The number of methoxy groups -OCH3 is 1. The minimum absolute atomic E-state index is 0.207. The molecular formula is C30H31N3O5S. The number of ether oxygens (including phenoxy) is 2. The number of furan rings is 1. The predicted octanol–water partition coefficient (Wildman–Crippen LogP) is 4.40. The molecule has 2 aromatic heterocycles. The zero-order chi connectivity index (χ0) is 27.7. The molecule has 5 rings (SSSR count). The van der Waals surface area contributed by atoms with Crippen molar-refractivity contribution >= 4 is 40.0 Å². The molecular weight excluding hydrogens is 514 g/mol. The molecule has 9 heteroatoms. The number of anilines is 1. The zero-order valence-electron chi connectivity index (χ0n) is 22.7. The highest BCUT2D eigenvalue weighted by atomic mass is 32.1. The van der Waals surface area contributed by atoms with Gasteiger partial charge in [0.1, 0.15) is 17.6 Å². The summed E-state index contributed by atoms with van der Waals surface area (Å²) in [6.07, 6.45) is 3.06. The Morgan fingerprint density at radius 1 is 1.15 bits per heavy atom. The normalized spacial score (nSPS) is 15.3. The second-order valence-corrected chi connectivity index (χ2v) is 10.4. The zero-order valence-corrected chi connectivity index (χ0v) is 23.5. The van der Waals surface area contributed by atoms with E-state index in [0.717, 1.165) is 22.8 Å². The molecule has 0 saturated carbocycles. The van der Waals surface area contributed by atoms with E-state index in [0.29, 0.717) is 44.4 Å². The summed E-state index contributed by atoms with van der Waals surface area (Å²) in [6.45, 7) is 4.01. The number of rotatable bonds is 8. The number of carbonyl (C=O) groups is 1. The molecule has 1 atom stereocenters. The predicted molar refractivity (Wildman–Crippen MR) is 153 cm³/mol. The molecule has 0 fully saturated rings. The average Bonchev–Trinajstić information content (AvgIpc) is 3.52. The van der Waals surface area contributed by atoms with E-state index in [1.165, 1.54) is 11.3 Å². The van der Waals surface area contributed by atoms with Gasteiger partial charge in [0.25, 0.3) is 5.56 Å². The van der Waals surface area contributed by atoms with Gasteiger partial charge in [0.05, 0.1) is 29.5 Å². The third kappa shape index (κ3) is 4.78. The molecule has 4 aromatic rings. The van der Waals surface area contributed by atoms with Crippen LogP contribution in [0.3, 0.4) is 0 Å². The van der Waals surface area contributed by atoms with Crippen molar-refractivity contribution in [2.45, 2.75) is 32.7 Å². The van der Waals surface area contributed by atoms with Gasteiger partial charge >= 0.3 is 5.97 Å². The Morgan fingerprint density at radius 2 is 1.95 bits per heavy atom. The monoisotopic (exact) mass is 545 g/mol. The molecule has 8 nitrogen and oxygen atoms in total. The number of hydrogen-bond acceptors (Lipinski definition) is 8. The fourth-order valence-corrected chi connectivity index (χ4v) is 5.92. The Morgan fingerprint density at radius 3 is 2.64 bits per heavy atom. The summed E-state index contributed by atoms with van der Waals surface area (Å²) < 4.78 is 19.3. The fraction of sp³-hybridized carbons (Fsp3) is 0.300. The van der Waals surface area contributed by atoms with Crippen molar-refractivity contribution in [3.63, 3.8) is 0 Å². The molecule has 0 spiro atoms. The van der Waals surface area contributed by atoms with Gasteiger partial charge in [0.2, 0.25) is 0 Å². The Bertz CT molecular complexity index is 1760. The van der Waals surface area contributed by atoms with Crippen LogP contribution in [0.1, 0.15) is 44.1 Å². The number of nitrogens with zero attached hydrogens (tertiary/aromatic N) is 3. The van der Waals surface area contributed by atoms with Gasteiger partial charge < -0.3 is 18.8 Å². The van der Waals surface area contributed by atoms with Crippen LogP contribution in [0.25, 0.3) is 16.8 Å². The molecule has 3 heterocycles. The van der Waals surface area contributed by atoms with Crippen LogP contribution in [0.2, 0.25) is 0 Å². The highest BCUT2D eigenvalue weighted by Gasteiger charge is 2.37. The van der Waals surface area contributed by atoms with Gasteiger partial charge in [-0.15, -0.1) is 0 Å². The van der Waals surface area contributed by atoms with E-state index in [9.17, 15) is 9.59 Å². The lowest BCUT2D eigenvalue weighted by molar-refractivity contribution is -0.139. The number of allylic oxidation sites excluding steroid dienone is 1. The fourth-order valence-electron chi connectivity index (χ4n) is 4.92. The quantitative estimate of drug-likeness (QED) is 0.305. The van der Waals surface area contributed by atoms with Gasteiger partial charge in [-0.2, -0.15) is 0 Å². The van der Waals surface area contributed by atoms with E-state index >= 15 is 0 Å². The van der Waals surface area contributed by atoms with Crippen LogP contribution < -0.4 is 24.5 Å². The van der Waals surface area contributed by atoms with Crippen LogP contribution in [0.15, 0.2) is 74.0 Å².